The molecule has 0 amide bonds. The number of benzene rings is 9. The van der Waals surface area contributed by atoms with Crippen LogP contribution in [0, 0.1) is 0 Å². The Morgan fingerprint density at radius 2 is 1.02 bits per heavy atom. The van der Waals surface area contributed by atoms with E-state index in [0.717, 1.165) is 88.7 Å². The molecule has 4 nitrogen and oxygen atoms in total. The number of rotatable bonds is 6. The van der Waals surface area contributed by atoms with Gasteiger partial charge in [0, 0.05) is 38.7 Å². The number of nitrogens with zero attached hydrogens (tertiary/aromatic N) is 2. The average Bonchev–Trinajstić information content (AvgIpc) is 3.87. The highest BCUT2D eigenvalue weighted by molar-refractivity contribution is 6.25. The molecule has 0 atom stereocenters. The van der Waals surface area contributed by atoms with Gasteiger partial charge >= 0.3 is 0 Å². The first-order valence-corrected chi connectivity index (χ1v) is 18.5. The summed E-state index contributed by atoms with van der Waals surface area (Å²) < 4.78 is 13.0. The molecule has 9 aromatic carbocycles. The van der Waals surface area contributed by atoms with Crippen LogP contribution in [0.4, 0.5) is 17.1 Å². The molecule has 4 heteroatoms. The molecule has 2 aromatic heterocycles. The van der Waals surface area contributed by atoms with E-state index in [4.69, 9.17) is 13.8 Å². The maximum atomic E-state index is 6.74. The second-order valence-electron chi connectivity index (χ2n) is 13.9. The van der Waals surface area contributed by atoms with E-state index < -0.39 is 0 Å². The van der Waals surface area contributed by atoms with Gasteiger partial charge in [0.25, 0.3) is 0 Å². The Bertz CT molecular complexity index is 3190. The SMILES string of the molecule is c1ccc(-c2nc3c(-c4cc5oc6cccc(-c7ccc(N(c8ccccc8)c8cccc9ccccc89)cc7)c6c5c5ccccc45)cccc3o2)cc1. The van der Waals surface area contributed by atoms with Crippen LogP contribution in [0.3, 0.4) is 0 Å². The molecule has 0 radical (unpaired) electrons. The summed E-state index contributed by atoms with van der Waals surface area (Å²) in [6.07, 6.45) is 0. The Balaban J connectivity index is 1.07. The summed E-state index contributed by atoms with van der Waals surface area (Å²) >= 11 is 0. The summed E-state index contributed by atoms with van der Waals surface area (Å²) in [5.41, 5.74) is 11.9. The zero-order valence-corrected chi connectivity index (χ0v) is 29.7. The van der Waals surface area contributed by atoms with Crippen LogP contribution in [0.25, 0.3) is 88.3 Å². The van der Waals surface area contributed by atoms with E-state index >= 15 is 0 Å². The molecule has 11 rings (SSSR count). The molecule has 0 bridgehead atoms. The summed E-state index contributed by atoms with van der Waals surface area (Å²) in [4.78, 5) is 7.36. The number of hydrogen-bond acceptors (Lipinski definition) is 4. The highest BCUT2D eigenvalue weighted by Crippen LogP contribution is 2.46. The molecular formula is C51H32N2O2. The second-order valence-corrected chi connectivity index (χ2v) is 13.9. The second kappa shape index (κ2) is 12.6. The van der Waals surface area contributed by atoms with E-state index in [1.807, 2.05) is 42.5 Å². The van der Waals surface area contributed by atoms with Gasteiger partial charge in [-0.25, -0.2) is 4.98 Å². The van der Waals surface area contributed by atoms with Crippen LogP contribution in [-0.2, 0) is 0 Å². The van der Waals surface area contributed by atoms with E-state index in [0.29, 0.717) is 5.89 Å². The molecule has 0 saturated heterocycles. The quantitative estimate of drug-likeness (QED) is 0.173. The molecule has 0 aliphatic heterocycles. The molecule has 258 valence electrons. The van der Waals surface area contributed by atoms with Crippen molar-refractivity contribution in [3.8, 4) is 33.7 Å². The van der Waals surface area contributed by atoms with E-state index in [-0.39, 0.29) is 0 Å². The lowest BCUT2D eigenvalue weighted by atomic mass is 9.92. The molecular weight excluding hydrogens is 673 g/mol. The number of para-hydroxylation sites is 2. The smallest absolute Gasteiger partial charge is 0.227 e. The Labute approximate surface area is 317 Å². The predicted octanol–water partition coefficient (Wildman–Crippen LogP) is 14.5. The lowest BCUT2D eigenvalue weighted by molar-refractivity contribution is 0.620. The first kappa shape index (κ1) is 31.1. The van der Waals surface area contributed by atoms with Crippen molar-refractivity contribution >= 4 is 71.6 Å². The van der Waals surface area contributed by atoms with Crippen LogP contribution in [0.2, 0.25) is 0 Å². The van der Waals surface area contributed by atoms with Gasteiger partial charge in [0.1, 0.15) is 16.7 Å². The van der Waals surface area contributed by atoms with Gasteiger partial charge in [-0.15, -0.1) is 0 Å². The van der Waals surface area contributed by atoms with Crippen molar-refractivity contribution in [3.63, 3.8) is 0 Å². The molecule has 0 N–H and O–H groups in total. The fourth-order valence-electron chi connectivity index (χ4n) is 8.21. The van der Waals surface area contributed by atoms with Crippen molar-refractivity contribution in [1.29, 1.82) is 0 Å². The summed E-state index contributed by atoms with van der Waals surface area (Å²) in [6, 6.07) is 67.9. The minimum atomic E-state index is 0.608. The molecule has 0 aliphatic rings. The third-order valence-electron chi connectivity index (χ3n) is 10.7. The monoisotopic (exact) mass is 704 g/mol. The number of oxazole rings is 1. The lowest BCUT2D eigenvalue weighted by Crippen LogP contribution is -2.10. The first-order valence-electron chi connectivity index (χ1n) is 18.5. The lowest BCUT2D eigenvalue weighted by Gasteiger charge is -2.27. The van der Waals surface area contributed by atoms with Gasteiger partial charge in [-0.1, -0.05) is 133 Å². The maximum Gasteiger partial charge on any atom is 0.227 e. The molecule has 0 spiro atoms. The number of fused-ring (bicyclic) bond motifs is 7. The number of furan rings is 1. The van der Waals surface area contributed by atoms with Crippen LogP contribution >= 0.6 is 0 Å². The zero-order chi connectivity index (χ0) is 36.3. The van der Waals surface area contributed by atoms with Crippen molar-refractivity contribution in [2.24, 2.45) is 0 Å². The minimum Gasteiger partial charge on any atom is -0.456 e. The Morgan fingerprint density at radius 1 is 0.382 bits per heavy atom. The van der Waals surface area contributed by atoms with Crippen molar-refractivity contribution < 1.29 is 8.83 Å². The number of hydrogen-bond donors (Lipinski definition) is 0. The van der Waals surface area contributed by atoms with Gasteiger partial charge in [0.15, 0.2) is 5.58 Å². The zero-order valence-electron chi connectivity index (χ0n) is 29.7. The largest absolute Gasteiger partial charge is 0.456 e. The number of anilines is 3. The summed E-state index contributed by atoms with van der Waals surface area (Å²) in [5.74, 6) is 0.608. The standard InChI is InChI=1S/C51H32N2O2/c1-3-15-35(16-4-1)51-52-50-42(24-13-27-46(50)55-51)43-32-47-49(41-22-10-9-21-40(41)43)48-39(23-12-26-45(48)54-47)34-28-30-37(31-29-34)53(36-18-5-2-6-19-36)44-25-11-17-33-14-7-8-20-38(33)44/h1-32H. The van der Waals surface area contributed by atoms with E-state index in [1.54, 1.807) is 0 Å². The summed E-state index contributed by atoms with van der Waals surface area (Å²) in [7, 11) is 0. The maximum absolute atomic E-state index is 6.74. The van der Waals surface area contributed by atoms with Crippen molar-refractivity contribution in [1.82, 2.24) is 4.98 Å². The van der Waals surface area contributed by atoms with E-state index in [9.17, 15) is 0 Å². The summed E-state index contributed by atoms with van der Waals surface area (Å²) in [6.45, 7) is 0. The van der Waals surface area contributed by atoms with Crippen molar-refractivity contribution in [3.05, 3.63) is 194 Å². The van der Waals surface area contributed by atoms with Crippen LogP contribution in [0.1, 0.15) is 0 Å². The molecule has 11 aromatic rings. The molecule has 2 heterocycles. The Morgan fingerprint density at radius 3 is 1.84 bits per heavy atom. The van der Waals surface area contributed by atoms with E-state index in [1.165, 1.54) is 10.8 Å². The molecule has 0 fully saturated rings. The van der Waals surface area contributed by atoms with Crippen molar-refractivity contribution in [2.45, 2.75) is 0 Å². The highest BCUT2D eigenvalue weighted by Gasteiger charge is 2.21. The van der Waals surface area contributed by atoms with Gasteiger partial charge in [-0.05, 0) is 93.5 Å². The summed E-state index contributed by atoms with van der Waals surface area (Å²) in [5, 5.41) is 6.89. The van der Waals surface area contributed by atoms with Gasteiger partial charge < -0.3 is 13.7 Å². The normalized spacial score (nSPS) is 11.6. The molecule has 0 saturated carbocycles. The number of aromatic nitrogens is 1. The van der Waals surface area contributed by atoms with Crippen LogP contribution in [0.5, 0.6) is 0 Å². The van der Waals surface area contributed by atoms with Gasteiger partial charge in [0.2, 0.25) is 5.89 Å². The predicted molar refractivity (Wildman–Crippen MR) is 227 cm³/mol. The Hall–Kier alpha value is -7.43. The third-order valence-corrected chi connectivity index (χ3v) is 10.7. The molecule has 0 unspecified atom stereocenters. The highest BCUT2D eigenvalue weighted by atomic mass is 16.3. The van der Waals surface area contributed by atoms with Crippen molar-refractivity contribution in [2.75, 3.05) is 4.90 Å². The first-order chi connectivity index (χ1) is 27.3. The molecule has 55 heavy (non-hydrogen) atoms. The Kier molecular flexibility index (Phi) is 7.14. The minimum absolute atomic E-state index is 0.608. The van der Waals surface area contributed by atoms with Crippen LogP contribution < -0.4 is 4.90 Å². The van der Waals surface area contributed by atoms with Gasteiger partial charge in [-0.2, -0.15) is 0 Å². The van der Waals surface area contributed by atoms with Gasteiger partial charge in [0.05, 0.1) is 5.69 Å². The fourth-order valence-corrected chi connectivity index (χ4v) is 8.21. The van der Waals surface area contributed by atoms with E-state index in [2.05, 4.69) is 157 Å². The fraction of sp³-hybridized carbons (Fsp3) is 0. The van der Waals surface area contributed by atoms with Crippen LogP contribution in [-0.4, -0.2) is 4.98 Å². The average molecular weight is 705 g/mol. The topological polar surface area (TPSA) is 42.4 Å². The van der Waals surface area contributed by atoms with Crippen LogP contribution in [0.15, 0.2) is 203 Å². The third kappa shape index (κ3) is 5.11. The van der Waals surface area contributed by atoms with Gasteiger partial charge in [-0.3, -0.25) is 0 Å². The molecule has 0 aliphatic carbocycles.